The van der Waals surface area contributed by atoms with Crippen molar-refractivity contribution in [2.45, 2.75) is 19.3 Å². The Kier molecular flexibility index (Phi) is 6.79. The van der Waals surface area contributed by atoms with Crippen LogP contribution in [-0.2, 0) is 11.3 Å². The fourth-order valence-corrected chi connectivity index (χ4v) is 2.37. The maximum absolute atomic E-state index is 12.5. The zero-order chi connectivity index (χ0) is 19.9. The molecule has 0 atom stereocenters. The largest absolute Gasteiger partial charge is 0.573 e. The van der Waals surface area contributed by atoms with E-state index in [1.807, 2.05) is 6.07 Å². The Bertz CT molecular complexity index is 814. The van der Waals surface area contributed by atoms with Crippen molar-refractivity contribution >= 4 is 11.6 Å². The lowest BCUT2D eigenvalue weighted by atomic mass is 10.2. The molecular formula is C19H18F3N3O2. The third-order valence-electron chi connectivity index (χ3n) is 3.66. The Morgan fingerprint density at radius 2 is 1.85 bits per heavy atom. The summed E-state index contributed by atoms with van der Waals surface area (Å²) in [7, 11) is 1.71. The molecule has 5 nitrogen and oxygen atoms in total. The molecule has 0 saturated carbocycles. The third kappa shape index (κ3) is 6.99. The van der Waals surface area contributed by atoms with Crippen LogP contribution in [0.4, 0.5) is 18.9 Å². The van der Waals surface area contributed by atoms with Gasteiger partial charge >= 0.3 is 6.36 Å². The molecule has 0 aliphatic heterocycles. The molecule has 0 radical (unpaired) electrons. The molecule has 0 aliphatic carbocycles. The fraction of sp³-hybridized carbons (Fsp3) is 0.263. The quantitative estimate of drug-likeness (QED) is 0.794. The SMILES string of the molecule is CN(CCC(=O)Nc1ccc(C#N)cc1)Cc1ccccc1OC(F)(F)F. The highest BCUT2D eigenvalue weighted by atomic mass is 19.4. The number of amides is 1. The molecule has 1 amide bonds. The van der Waals surface area contributed by atoms with E-state index < -0.39 is 6.36 Å². The first kappa shape index (κ1) is 20.3. The Morgan fingerprint density at radius 3 is 2.48 bits per heavy atom. The summed E-state index contributed by atoms with van der Waals surface area (Å²) in [4.78, 5) is 13.7. The molecule has 0 fully saturated rings. The van der Waals surface area contributed by atoms with Gasteiger partial charge in [0, 0.05) is 30.8 Å². The minimum absolute atomic E-state index is 0.165. The maximum atomic E-state index is 12.5. The van der Waals surface area contributed by atoms with E-state index in [1.165, 1.54) is 12.1 Å². The smallest absolute Gasteiger partial charge is 0.405 e. The Labute approximate surface area is 155 Å². The third-order valence-corrected chi connectivity index (χ3v) is 3.66. The van der Waals surface area contributed by atoms with Gasteiger partial charge in [0.1, 0.15) is 5.75 Å². The molecule has 2 rings (SSSR count). The molecular weight excluding hydrogens is 359 g/mol. The van der Waals surface area contributed by atoms with Crippen molar-refractivity contribution in [1.82, 2.24) is 4.90 Å². The van der Waals surface area contributed by atoms with Crippen molar-refractivity contribution in [2.24, 2.45) is 0 Å². The summed E-state index contributed by atoms with van der Waals surface area (Å²) in [6.07, 6.45) is -4.59. The topological polar surface area (TPSA) is 65.4 Å². The molecule has 2 aromatic rings. The average Bonchev–Trinajstić information content (AvgIpc) is 2.61. The second kappa shape index (κ2) is 9.05. The minimum atomic E-state index is -4.75. The molecule has 0 aromatic heterocycles. The first-order chi connectivity index (χ1) is 12.8. The van der Waals surface area contributed by atoms with Crippen LogP contribution in [0.15, 0.2) is 48.5 Å². The highest BCUT2D eigenvalue weighted by molar-refractivity contribution is 5.90. The highest BCUT2D eigenvalue weighted by Gasteiger charge is 2.32. The first-order valence-electron chi connectivity index (χ1n) is 8.09. The molecule has 0 unspecified atom stereocenters. The second-order valence-corrected chi connectivity index (χ2v) is 5.88. The van der Waals surface area contributed by atoms with Crippen LogP contribution in [0.5, 0.6) is 5.75 Å². The van der Waals surface area contributed by atoms with Crippen molar-refractivity contribution < 1.29 is 22.7 Å². The van der Waals surface area contributed by atoms with E-state index in [0.29, 0.717) is 23.4 Å². The summed E-state index contributed by atoms with van der Waals surface area (Å²) in [6.45, 7) is 0.554. The number of hydrogen-bond donors (Lipinski definition) is 1. The van der Waals surface area contributed by atoms with Gasteiger partial charge in [-0.1, -0.05) is 18.2 Å². The lowest BCUT2D eigenvalue weighted by molar-refractivity contribution is -0.275. The number of benzene rings is 2. The predicted octanol–water partition coefficient (Wildman–Crippen LogP) is 3.92. The average molecular weight is 377 g/mol. The number of nitrogens with one attached hydrogen (secondary N) is 1. The Hall–Kier alpha value is -3.05. The van der Waals surface area contributed by atoms with Crippen LogP contribution in [-0.4, -0.2) is 30.8 Å². The van der Waals surface area contributed by atoms with Crippen LogP contribution in [0.2, 0.25) is 0 Å². The van der Waals surface area contributed by atoms with Gasteiger partial charge in [0.25, 0.3) is 0 Å². The summed E-state index contributed by atoms with van der Waals surface area (Å²) in [6, 6.07) is 14.3. The van der Waals surface area contributed by atoms with Crippen LogP contribution in [0, 0.1) is 11.3 Å². The van der Waals surface area contributed by atoms with Gasteiger partial charge in [0.2, 0.25) is 5.91 Å². The molecule has 1 N–H and O–H groups in total. The van der Waals surface area contributed by atoms with Gasteiger partial charge < -0.3 is 15.0 Å². The summed E-state index contributed by atoms with van der Waals surface area (Å²) in [5.41, 5.74) is 1.45. The Morgan fingerprint density at radius 1 is 1.19 bits per heavy atom. The van der Waals surface area contributed by atoms with Crippen molar-refractivity contribution in [1.29, 1.82) is 5.26 Å². The molecule has 8 heteroatoms. The zero-order valence-corrected chi connectivity index (χ0v) is 14.6. The van der Waals surface area contributed by atoms with E-state index in [4.69, 9.17) is 5.26 Å². The number of nitrogens with zero attached hydrogens (tertiary/aromatic N) is 2. The number of nitriles is 1. The number of carbonyl (C=O) groups is 1. The van der Waals surface area contributed by atoms with Gasteiger partial charge in [-0.2, -0.15) is 5.26 Å². The summed E-state index contributed by atoms with van der Waals surface area (Å²) in [5, 5.41) is 11.5. The second-order valence-electron chi connectivity index (χ2n) is 5.88. The van der Waals surface area contributed by atoms with Crippen LogP contribution >= 0.6 is 0 Å². The summed E-state index contributed by atoms with van der Waals surface area (Å²) in [5.74, 6) is -0.481. The number of rotatable bonds is 7. The van der Waals surface area contributed by atoms with Gasteiger partial charge in [-0.05, 0) is 37.4 Å². The van der Waals surface area contributed by atoms with E-state index in [9.17, 15) is 18.0 Å². The lowest BCUT2D eigenvalue weighted by Gasteiger charge is -2.19. The number of ether oxygens (including phenoxy) is 1. The van der Waals surface area contributed by atoms with E-state index in [1.54, 1.807) is 48.3 Å². The van der Waals surface area contributed by atoms with Gasteiger partial charge in [-0.3, -0.25) is 4.79 Å². The van der Waals surface area contributed by atoms with E-state index in [-0.39, 0.29) is 24.6 Å². The highest BCUT2D eigenvalue weighted by Crippen LogP contribution is 2.26. The maximum Gasteiger partial charge on any atom is 0.573 e. The van der Waals surface area contributed by atoms with Gasteiger partial charge in [0.15, 0.2) is 0 Å². The summed E-state index contributed by atoms with van der Waals surface area (Å²) < 4.78 is 41.4. The molecule has 0 saturated heterocycles. The number of halogens is 3. The van der Waals surface area contributed by atoms with Crippen molar-refractivity contribution in [3.8, 4) is 11.8 Å². The number of hydrogen-bond acceptors (Lipinski definition) is 4. The van der Waals surface area contributed by atoms with Crippen LogP contribution in [0.1, 0.15) is 17.5 Å². The fourth-order valence-electron chi connectivity index (χ4n) is 2.37. The lowest BCUT2D eigenvalue weighted by Crippen LogP contribution is -2.25. The molecule has 2 aromatic carbocycles. The van der Waals surface area contributed by atoms with Crippen molar-refractivity contribution in [3.63, 3.8) is 0 Å². The number of carbonyl (C=O) groups excluding carboxylic acids is 1. The van der Waals surface area contributed by atoms with Crippen LogP contribution in [0.3, 0.4) is 0 Å². The molecule has 0 bridgehead atoms. The van der Waals surface area contributed by atoms with Gasteiger partial charge in [-0.25, -0.2) is 0 Å². The molecule has 142 valence electrons. The number of alkyl halides is 3. The molecule has 0 aliphatic rings. The van der Waals surface area contributed by atoms with E-state index >= 15 is 0 Å². The van der Waals surface area contributed by atoms with Crippen LogP contribution < -0.4 is 10.1 Å². The van der Waals surface area contributed by atoms with Gasteiger partial charge in [0.05, 0.1) is 11.6 Å². The normalized spacial score (nSPS) is 11.1. The molecule has 27 heavy (non-hydrogen) atoms. The Balaban J connectivity index is 1.86. The molecule has 0 heterocycles. The zero-order valence-electron chi connectivity index (χ0n) is 14.6. The number of anilines is 1. The monoisotopic (exact) mass is 377 g/mol. The summed E-state index contributed by atoms with van der Waals surface area (Å²) >= 11 is 0. The van der Waals surface area contributed by atoms with E-state index in [2.05, 4.69) is 10.1 Å². The predicted molar refractivity (Wildman–Crippen MR) is 93.9 cm³/mol. The molecule has 0 spiro atoms. The number of para-hydroxylation sites is 1. The standard InChI is InChI=1S/C19H18F3N3O2/c1-25(13-15-4-2-3-5-17(15)27-19(20,21)22)11-10-18(26)24-16-8-6-14(12-23)7-9-16/h2-9H,10-11,13H2,1H3,(H,24,26). The van der Waals surface area contributed by atoms with E-state index in [0.717, 1.165) is 0 Å². The first-order valence-corrected chi connectivity index (χ1v) is 8.09. The van der Waals surface area contributed by atoms with Crippen molar-refractivity contribution in [3.05, 3.63) is 59.7 Å². The van der Waals surface area contributed by atoms with Gasteiger partial charge in [-0.15, -0.1) is 13.2 Å². The minimum Gasteiger partial charge on any atom is -0.405 e. The van der Waals surface area contributed by atoms with Crippen molar-refractivity contribution in [2.75, 3.05) is 18.9 Å². The van der Waals surface area contributed by atoms with Crippen LogP contribution in [0.25, 0.3) is 0 Å².